The van der Waals surface area contributed by atoms with Crippen molar-refractivity contribution in [2.75, 3.05) is 39.9 Å². The van der Waals surface area contributed by atoms with Crippen molar-refractivity contribution in [1.82, 2.24) is 15.5 Å². The molecule has 3 amide bonds. The number of imide groups is 1. The number of likely N-dealkylation sites (tertiary alicyclic amines) is 1. The maximum atomic E-state index is 12.1. The van der Waals surface area contributed by atoms with Gasteiger partial charge >= 0.3 is 6.03 Å². The summed E-state index contributed by atoms with van der Waals surface area (Å²) >= 11 is 0. The number of benzene rings is 1. The second-order valence-corrected chi connectivity index (χ2v) is 6.59. The molecule has 3 atom stereocenters. The normalized spacial score (nSPS) is 20.9. The summed E-state index contributed by atoms with van der Waals surface area (Å²) in [6.45, 7) is 4.49. The predicted molar refractivity (Wildman–Crippen MR) is 103 cm³/mol. The molecule has 146 valence electrons. The van der Waals surface area contributed by atoms with E-state index in [1.165, 1.54) is 5.56 Å². The van der Waals surface area contributed by atoms with Gasteiger partial charge in [-0.05, 0) is 24.9 Å². The van der Waals surface area contributed by atoms with Crippen LogP contribution in [0, 0.1) is 5.92 Å². The first-order chi connectivity index (χ1) is 12.0. The van der Waals surface area contributed by atoms with Crippen LogP contribution in [0.5, 0.6) is 0 Å². The number of nitrogens with one attached hydrogen (secondary N) is 2. The summed E-state index contributed by atoms with van der Waals surface area (Å²) in [4.78, 5) is 25.9. The zero-order valence-corrected chi connectivity index (χ0v) is 16.1. The Morgan fingerprint density at radius 1 is 1.31 bits per heavy atom. The van der Waals surface area contributed by atoms with E-state index in [0.717, 1.165) is 13.1 Å². The highest BCUT2D eigenvalue weighted by molar-refractivity contribution is 5.95. The fourth-order valence-corrected chi connectivity index (χ4v) is 3.33. The summed E-state index contributed by atoms with van der Waals surface area (Å²) in [6.07, 6.45) is 0. The van der Waals surface area contributed by atoms with E-state index in [2.05, 4.69) is 27.7 Å². The van der Waals surface area contributed by atoms with Crippen molar-refractivity contribution in [3.63, 3.8) is 0 Å². The van der Waals surface area contributed by atoms with E-state index < -0.39 is 6.03 Å². The average molecular weight is 385 g/mol. The lowest BCUT2D eigenvalue weighted by Gasteiger charge is -2.17. The van der Waals surface area contributed by atoms with Crippen molar-refractivity contribution in [3.05, 3.63) is 35.9 Å². The third kappa shape index (κ3) is 6.57. The van der Waals surface area contributed by atoms with Gasteiger partial charge in [0.05, 0.1) is 19.2 Å². The Morgan fingerprint density at radius 2 is 2.00 bits per heavy atom. The lowest BCUT2D eigenvalue weighted by atomic mass is 9.89. The van der Waals surface area contributed by atoms with Crippen LogP contribution in [0.2, 0.25) is 0 Å². The quantitative estimate of drug-likeness (QED) is 0.650. The number of nitrogens with two attached hydrogens (primary N) is 1. The number of hydrogen-bond acceptors (Lipinski definition) is 5. The number of nitrogens with zero attached hydrogens (tertiary/aromatic N) is 1. The van der Waals surface area contributed by atoms with Crippen LogP contribution in [0.3, 0.4) is 0 Å². The second-order valence-electron chi connectivity index (χ2n) is 6.59. The minimum Gasteiger partial charge on any atom is -0.383 e. The number of hydrogen-bond donors (Lipinski definition) is 3. The smallest absolute Gasteiger partial charge is 0.321 e. The topological polar surface area (TPSA) is 96.7 Å². The Balaban J connectivity index is 0.00000338. The number of ether oxygens (including phenoxy) is 1. The molecule has 1 aliphatic heterocycles. The molecule has 1 aliphatic rings. The van der Waals surface area contributed by atoms with Gasteiger partial charge in [0.2, 0.25) is 5.91 Å². The Labute approximate surface area is 161 Å². The van der Waals surface area contributed by atoms with Gasteiger partial charge in [0.25, 0.3) is 0 Å². The van der Waals surface area contributed by atoms with E-state index >= 15 is 0 Å². The maximum absolute atomic E-state index is 12.1. The van der Waals surface area contributed by atoms with Gasteiger partial charge in [0.1, 0.15) is 0 Å². The maximum Gasteiger partial charge on any atom is 0.321 e. The Morgan fingerprint density at radius 3 is 2.62 bits per heavy atom. The summed E-state index contributed by atoms with van der Waals surface area (Å²) in [5.41, 5.74) is 7.16. The molecular weight excluding hydrogens is 356 g/mol. The molecule has 0 aliphatic carbocycles. The molecule has 4 N–H and O–H groups in total. The summed E-state index contributed by atoms with van der Waals surface area (Å²) < 4.78 is 4.95. The largest absolute Gasteiger partial charge is 0.383 e. The monoisotopic (exact) mass is 384 g/mol. The van der Waals surface area contributed by atoms with Gasteiger partial charge in [-0.15, -0.1) is 12.4 Å². The van der Waals surface area contributed by atoms with Crippen LogP contribution >= 0.6 is 12.4 Å². The molecule has 0 bridgehead atoms. The summed E-state index contributed by atoms with van der Waals surface area (Å²) in [6, 6.07) is 9.57. The molecule has 8 heteroatoms. The third-order valence-corrected chi connectivity index (χ3v) is 4.46. The summed E-state index contributed by atoms with van der Waals surface area (Å²) in [5.74, 6) is 0.312. The Kier molecular flexibility index (Phi) is 9.58. The van der Waals surface area contributed by atoms with Crippen molar-refractivity contribution in [2.45, 2.75) is 18.9 Å². The van der Waals surface area contributed by atoms with Crippen LogP contribution in [-0.4, -0.2) is 62.8 Å². The first-order valence-corrected chi connectivity index (χ1v) is 8.60. The molecule has 1 unspecified atom stereocenters. The van der Waals surface area contributed by atoms with Crippen molar-refractivity contribution in [2.24, 2.45) is 11.7 Å². The van der Waals surface area contributed by atoms with Crippen molar-refractivity contribution >= 4 is 24.3 Å². The zero-order chi connectivity index (χ0) is 18.2. The standard InChI is InChI=1S/C18H28N4O3.ClH/c1-13(12-25-2)20-18(24)21-17(23)11-22-9-15(8-19)16(10-22)14-6-4-3-5-7-14;/h3-7,13,15-16H,8-12,19H2,1-2H3,(H2,20,21,23,24);1H/t13?,15-,16+;/m1./s1. The summed E-state index contributed by atoms with van der Waals surface area (Å²) in [7, 11) is 1.56. The van der Waals surface area contributed by atoms with Gasteiger partial charge in [0.15, 0.2) is 0 Å². The van der Waals surface area contributed by atoms with E-state index in [9.17, 15) is 9.59 Å². The van der Waals surface area contributed by atoms with Crippen LogP contribution in [0.25, 0.3) is 0 Å². The van der Waals surface area contributed by atoms with Crippen molar-refractivity contribution < 1.29 is 14.3 Å². The molecule has 0 spiro atoms. The molecule has 0 saturated carbocycles. The van der Waals surface area contributed by atoms with Gasteiger partial charge < -0.3 is 15.8 Å². The number of rotatable bonds is 7. The van der Waals surface area contributed by atoms with Crippen LogP contribution in [0.15, 0.2) is 30.3 Å². The molecule has 1 fully saturated rings. The molecule has 1 aromatic rings. The lowest BCUT2D eigenvalue weighted by molar-refractivity contribution is -0.121. The molecule has 1 saturated heterocycles. The fourth-order valence-electron chi connectivity index (χ4n) is 3.33. The number of halogens is 1. The summed E-state index contributed by atoms with van der Waals surface area (Å²) in [5, 5.41) is 5.02. The lowest BCUT2D eigenvalue weighted by Crippen LogP contribution is -2.47. The molecule has 7 nitrogen and oxygen atoms in total. The Bertz CT molecular complexity index is 573. The number of carbonyl (C=O) groups excluding carboxylic acids is 2. The average Bonchev–Trinajstić information content (AvgIpc) is 2.98. The van der Waals surface area contributed by atoms with E-state index in [1.54, 1.807) is 7.11 Å². The van der Waals surface area contributed by atoms with Gasteiger partial charge in [0, 0.05) is 26.1 Å². The molecule has 2 rings (SSSR count). The molecule has 26 heavy (non-hydrogen) atoms. The Hall–Kier alpha value is -1.67. The predicted octanol–water partition coefficient (Wildman–Crippen LogP) is 0.943. The van der Waals surface area contributed by atoms with E-state index in [4.69, 9.17) is 10.5 Å². The molecule has 0 radical (unpaired) electrons. The van der Waals surface area contributed by atoms with Gasteiger partial charge in [-0.1, -0.05) is 30.3 Å². The number of amides is 3. The molecule has 0 aromatic heterocycles. The van der Waals surface area contributed by atoms with Gasteiger partial charge in [-0.25, -0.2) is 4.79 Å². The molecular formula is C18H29ClN4O3. The third-order valence-electron chi connectivity index (χ3n) is 4.46. The van der Waals surface area contributed by atoms with E-state index in [-0.39, 0.29) is 30.9 Å². The number of carbonyl (C=O) groups is 2. The van der Waals surface area contributed by atoms with Crippen molar-refractivity contribution in [3.8, 4) is 0 Å². The van der Waals surface area contributed by atoms with E-state index in [1.807, 2.05) is 25.1 Å². The second kappa shape index (κ2) is 11.1. The number of urea groups is 1. The van der Waals surface area contributed by atoms with Crippen LogP contribution in [0.4, 0.5) is 4.79 Å². The molecule has 1 aromatic carbocycles. The first-order valence-electron chi connectivity index (χ1n) is 8.60. The number of methoxy groups -OCH3 is 1. The molecule has 1 heterocycles. The first kappa shape index (κ1) is 22.4. The minimum atomic E-state index is -0.497. The van der Waals surface area contributed by atoms with Crippen LogP contribution in [0.1, 0.15) is 18.4 Å². The fraction of sp³-hybridized carbons (Fsp3) is 0.556. The SMILES string of the molecule is COCC(C)NC(=O)NC(=O)CN1C[C@@H](CN)[C@H](c2ccccc2)C1.Cl. The zero-order valence-electron chi connectivity index (χ0n) is 15.3. The van der Waals surface area contributed by atoms with Crippen LogP contribution < -0.4 is 16.4 Å². The van der Waals surface area contributed by atoms with Crippen molar-refractivity contribution in [1.29, 1.82) is 0 Å². The minimum absolute atomic E-state index is 0. The van der Waals surface area contributed by atoms with Crippen LogP contribution in [-0.2, 0) is 9.53 Å². The highest BCUT2D eigenvalue weighted by Gasteiger charge is 2.33. The van der Waals surface area contributed by atoms with E-state index in [0.29, 0.717) is 25.0 Å². The van der Waals surface area contributed by atoms with Gasteiger partial charge in [-0.3, -0.25) is 15.0 Å². The van der Waals surface area contributed by atoms with Gasteiger partial charge in [-0.2, -0.15) is 0 Å². The highest BCUT2D eigenvalue weighted by Crippen LogP contribution is 2.31. The highest BCUT2D eigenvalue weighted by atomic mass is 35.5.